The van der Waals surface area contributed by atoms with Crippen LogP contribution in [0.15, 0.2) is 42.5 Å². The third-order valence-corrected chi connectivity index (χ3v) is 4.10. The number of ketones is 1. The molecular weight excluding hydrogens is 264 g/mol. The zero-order valence-electron chi connectivity index (χ0n) is 12.0. The molecule has 4 heteroatoms. The van der Waals surface area contributed by atoms with E-state index in [1.54, 1.807) is 0 Å². The number of β-amino-alcohol motifs (C(OH)–C–C–N with tert-alkyl or cyclic N) is 1. The van der Waals surface area contributed by atoms with Crippen molar-refractivity contribution >= 4 is 16.6 Å². The van der Waals surface area contributed by atoms with Crippen molar-refractivity contribution in [2.45, 2.75) is 6.04 Å². The van der Waals surface area contributed by atoms with Gasteiger partial charge in [0.1, 0.15) is 0 Å². The Kier molecular flexibility index (Phi) is 4.29. The molecule has 1 aliphatic rings. The van der Waals surface area contributed by atoms with Crippen molar-refractivity contribution < 1.29 is 9.90 Å². The molecule has 0 spiro atoms. The summed E-state index contributed by atoms with van der Waals surface area (Å²) in [6.45, 7) is 2.92. The molecule has 0 aliphatic carbocycles. The van der Waals surface area contributed by atoms with E-state index >= 15 is 0 Å². The number of nitrogens with zero attached hydrogens (tertiary/aromatic N) is 1. The first-order valence-electron chi connectivity index (χ1n) is 7.39. The number of aliphatic hydroxyl groups excluding tert-OH is 1. The average molecular weight is 284 g/mol. The minimum Gasteiger partial charge on any atom is -0.395 e. The number of hydrogen-bond acceptors (Lipinski definition) is 4. The quantitative estimate of drug-likeness (QED) is 0.831. The third kappa shape index (κ3) is 2.83. The van der Waals surface area contributed by atoms with Gasteiger partial charge in [0.05, 0.1) is 12.6 Å². The van der Waals surface area contributed by atoms with Crippen LogP contribution in [0.25, 0.3) is 10.8 Å². The van der Waals surface area contributed by atoms with Gasteiger partial charge in [-0.1, -0.05) is 42.5 Å². The Labute approximate surface area is 124 Å². The molecule has 110 valence electrons. The van der Waals surface area contributed by atoms with Crippen molar-refractivity contribution in [1.29, 1.82) is 0 Å². The van der Waals surface area contributed by atoms with Gasteiger partial charge in [0, 0.05) is 31.7 Å². The largest absolute Gasteiger partial charge is 0.395 e. The fourth-order valence-electron chi connectivity index (χ4n) is 3.02. The summed E-state index contributed by atoms with van der Waals surface area (Å²) in [7, 11) is 0. The molecule has 0 radical (unpaired) electrons. The molecule has 3 rings (SSSR count). The first-order chi connectivity index (χ1) is 10.3. The second kappa shape index (κ2) is 6.35. The number of aliphatic hydroxyl groups is 1. The van der Waals surface area contributed by atoms with E-state index < -0.39 is 0 Å². The Morgan fingerprint density at radius 3 is 2.90 bits per heavy atom. The fraction of sp³-hybridized carbons (Fsp3) is 0.353. The number of carbonyl (C=O) groups excluding carboxylic acids is 1. The van der Waals surface area contributed by atoms with Gasteiger partial charge >= 0.3 is 0 Å². The van der Waals surface area contributed by atoms with Crippen molar-refractivity contribution in [1.82, 2.24) is 10.2 Å². The van der Waals surface area contributed by atoms with Crippen molar-refractivity contribution in [2.75, 3.05) is 32.8 Å². The molecule has 2 aromatic rings. The molecule has 1 atom stereocenters. The second-order valence-corrected chi connectivity index (χ2v) is 5.37. The minimum absolute atomic E-state index is 0.0827. The SMILES string of the molecule is O=C(c1cccc2ccccc12)C1CNCCN1CCO. The van der Waals surface area contributed by atoms with Crippen LogP contribution in [0.1, 0.15) is 10.4 Å². The Hall–Kier alpha value is -1.75. The monoisotopic (exact) mass is 284 g/mol. The molecule has 1 unspecified atom stereocenters. The van der Waals surface area contributed by atoms with Gasteiger partial charge in [-0.15, -0.1) is 0 Å². The molecule has 1 aliphatic heterocycles. The van der Waals surface area contributed by atoms with E-state index in [2.05, 4.69) is 10.2 Å². The van der Waals surface area contributed by atoms with E-state index in [-0.39, 0.29) is 18.4 Å². The number of hydrogen-bond donors (Lipinski definition) is 2. The van der Waals surface area contributed by atoms with Crippen LogP contribution in [0.4, 0.5) is 0 Å². The molecule has 2 N–H and O–H groups in total. The lowest BCUT2D eigenvalue weighted by Crippen LogP contribution is -2.55. The topological polar surface area (TPSA) is 52.6 Å². The van der Waals surface area contributed by atoms with Gasteiger partial charge in [0.25, 0.3) is 0 Å². The fourth-order valence-corrected chi connectivity index (χ4v) is 3.02. The Morgan fingerprint density at radius 1 is 1.24 bits per heavy atom. The number of rotatable bonds is 4. The molecule has 1 fully saturated rings. The molecule has 21 heavy (non-hydrogen) atoms. The highest BCUT2D eigenvalue weighted by Crippen LogP contribution is 2.21. The van der Waals surface area contributed by atoms with E-state index in [4.69, 9.17) is 0 Å². The lowest BCUT2D eigenvalue weighted by atomic mass is 9.96. The number of fused-ring (bicyclic) bond motifs is 1. The van der Waals surface area contributed by atoms with Crippen LogP contribution in [0.5, 0.6) is 0 Å². The molecule has 4 nitrogen and oxygen atoms in total. The van der Waals surface area contributed by atoms with Crippen LogP contribution in [0.3, 0.4) is 0 Å². The van der Waals surface area contributed by atoms with Crippen LogP contribution in [-0.2, 0) is 0 Å². The van der Waals surface area contributed by atoms with Gasteiger partial charge in [-0.2, -0.15) is 0 Å². The van der Waals surface area contributed by atoms with E-state index in [1.807, 2.05) is 42.5 Å². The van der Waals surface area contributed by atoms with Crippen LogP contribution in [-0.4, -0.2) is 54.6 Å². The summed E-state index contributed by atoms with van der Waals surface area (Å²) in [6, 6.07) is 13.6. The highest BCUT2D eigenvalue weighted by atomic mass is 16.3. The zero-order chi connectivity index (χ0) is 14.7. The van der Waals surface area contributed by atoms with Crippen LogP contribution < -0.4 is 5.32 Å². The van der Waals surface area contributed by atoms with Crippen molar-refractivity contribution in [3.8, 4) is 0 Å². The van der Waals surface area contributed by atoms with Gasteiger partial charge in [-0.25, -0.2) is 0 Å². The van der Waals surface area contributed by atoms with Crippen molar-refractivity contribution in [3.63, 3.8) is 0 Å². The van der Waals surface area contributed by atoms with E-state index in [0.29, 0.717) is 13.1 Å². The molecule has 0 saturated carbocycles. The number of piperazine rings is 1. The van der Waals surface area contributed by atoms with Crippen molar-refractivity contribution in [3.05, 3.63) is 48.0 Å². The first-order valence-corrected chi connectivity index (χ1v) is 7.39. The molecule has 0 aromatic heterocycles. The second-order valence-electron chi connectivity index (χ2n) is 5.37. The Balaban J connectivity index is 1.95. The number of nitrogens with one attached hydrogen (secondary N) is 1. The maximum Gasteiger partial charge on any atom is 0.181 e. The maximum atomic E-state index is 12.9. The minimum atomic E-state index is -0.197. The molecule has 1 heterocycles. The van der Waals surface area contributed by atoms with E-state index in [0.717, 1.165) is 29.4 Å². The summed E-state index contributed by atoms with van der Waals surface area (Å²) < 4.78 is 0. The van der Waals surface area contributed by atoms with Crippen LogP contribution in [0, 0.1) is 0 Å². The van der Waals surface area contributed by atoms with E-state index in [1.165, 1.54) is 0 Å². The predicted octanol–water partition coefficient (Wildman–Crippen LogP) is 1.29. The standard InChI is InChI=1S/C17H20N2O2/c20-11-10-19-9-8-18-12-16(19)17(21)15-7-3-5-13-4-1-2-6-14(13)15/h1-7,16,18,20H,8-12H2. The first kappa shape index (κ1) is 14.2. The summed E-state index contributed by atoms with van der Waals surface area (Å²) in [5, 5.41) is 14.5. The smallest absolute Gasteiger partial charge is 0.181 e. The summed E-state index contributed by atoms with van der Waals surface area (Å²) in [4.78, 5) is 15.0. The lowest BCUT2D eigenvalue weighted by molar-refractivity contribution is 0.0733. The highest BCUT2D eigenvalue weighted by Gasteiger charge is 2.29. The summed E-state index contributed by atoms with van der Waals surface area (Å²) in [5.41, 5.74) is 0.768. The number of benzene rings is 2. The van der Waals surface area contributed by atoms with Gasteiger partial charge in [-0.3, -0.25) is 9.69 Å². The normalized spacial score (nSPS) is 19.8. The summed E-state index contributed by atoms with van der Waals surface area (Å²) in [5.74, 6) is 0.132. The molecular formula is C17H20N2O2. The van der Waals surface area contributed by atoms with E-state index in [9.17, 15) is 9.90 Å². The summed E-state index contributed by atoms with van der Waals surface area (Å²) >= 11 is 0. The van der Waals surface area contributed by atoms with Gasteiger partial charge in [0.15, 0.2) is 5.78 Å². The zero-order valence-corrected chi connectivity index (χ0v) is 12.0. The Bertz CT molecular complexity index is 634. The molecule has 0 bridgehead atoms. The molecule has 2 aromatic carbocycles. The molecule has 1 saturated heterocycles. The van der Waals surface area contributed by atoms with Gasteiger partial charge in [0.2, 0.25) is 0 Å². The molecule has 0 amide bonds. The third-order valence-electron chi connectivity index (χ3n) is 4.10. The Morgan fingerprint density at radius 2 is 2.05 bits per heavy atom. The number of carbonyl (C=O) groups is 1. The van der Waals surface area contributed by atoms with Crippen molar-refractivity contribution in [2.24, 2.45) is 0 Å². The highest BCUT2D eigenvalue weighted by molar-refractivity contribution is 6.10. The van der Waals surface area contributed by atoms with Gasteiger partial charge in [-0.05, 0) is 10.8 Å². The summed E-state index contributed by atoms with van der Waals surface area (Å²) in [6.07, 6.45) is 0. The number of Topliss-reactive ketones (excluding diaryl/α,β-unsaturated/α-hetero) is 1. The van der Waals surface area contributed by atoms with Crippen LogP contribution >= 0.6 is 0 Å². The maximum absolute atomic E-state index is 12.9. The predicted molar refractivity (Wildman–Crippen MR) is 83.6 cm³/mol. The lowest BCUT2D eigenvalue weighted by Gasteiger charge is -2.34. The van der Waals surface area contributed by atoms with Gasteiger partial charge < -0.3 is 10.4 Å². The van der Waals surface area contributed by atoms with Crippen LogP contribution in [0.2, 0.25) is 0 Å². The average Bonchev–Trinajstić information content (AvgIpc) is 2.54.